The molecule has 2 nitrogen and oxygen atoms in total. The van der Waals surface area contributed by atoms with Crippen molar-refractivity contribution >= 4 is 0 Å². The molecule has 1 aliphatic carbocycles. The Morgan fingerprint density at radius 3 is 2.39 bits per heavy atom. The lowest BCUT2D eigenvalue weighted by atomic mass is 9.76. The Morgan fingerprint density at radius 2 is 1.89 bits per heavy atom. The summed E-state index contributed by atoms with van der Waals surface area (Å²) in [7, 11) is 0. The van der Waals surface area contributed by atoms with Crippen LogP contribution < -0.4 is 5.32 Å². The van der Waals surface area contributed by atoms with Gasteiger partial charge in [0.25, 0.3) is 0 Å². The summed E-state index contributed by atoms with van der Waals surface area (Å²) in [5.74, 6) is 0. The predicted octanol–water partition coefficient (Wildman–Crippen LogP) is 2.86. The number of rotatable bonds is 5. The first-order valence-corrected chi connectivity index (χ1v) is 6.95. The van der Waals surface area contributed by atoms with E-state index in [9.17, 15) is 5.11 Å². The Bertz CT molecular complexity index is 381. The molecule has 0 aliphatic heterocycles. The van der Waals surface area contributed by atoms with Gasteiger partial charge >= 0.3 is 0 Å². The number of hydrogen-bond acceptors (Lipinski definition) is 2. The minimum absolute atomic E-state index is 0.0708. The van der Waals surface area contributed by atoms with Crippen LogP contribution in [0.3, 0.4) is 0 Å². The Hall–Kier alpha value is -0.860. The van der Waals surface area contributed by atoms with Gasteiger partial charge in [0.05, 0.1) is 5.60 Å². The maximum absolute atomic E-state index is 10.1. The van der Waals surface area contributed by atoms with Crippen molar-refractivity contribution in [2.75, 3.05) is 6.54 Å². The van der Waals surface area contributed by atoms with Crippen molar-refractivity contribution in [3.8, 4) is 0 Å². The molecule has 100 valence electrons. The first kappa shape index (κ1) is 13.6. The summed E-state index contributed by atoms with van der Waals surface area (Å²) >= 11 is 0. The van der Waals surface area contributed by atoms with Crippen LogP contribution in [0.25, 0.3) is 0 Å². The molecule has 1 fully saturated rings. The molecular weight excluding hydrogens is 222 g/mol. The molecule has 0 aromatic heterocycles. The minimum atomic E-state index is -0.443. The molecule has 0 spiro atoms. The van der Waals surface area contributed by atoms with Crippen LogP contribution in [0.1, 0.15) is 45.6 Å². The van der Waals surface area contributed by atoms with Crippen LogP contribution in [0.2, 0.25) is 0 Å². The quantitative estimate of drug-likeness (QED) is 0.838. The third-order valence-corrected chi connectivity index (χ3v) is 4.62. The molecular formula is C16H25NO. The summed E-state index contributed by atoms with van der Waals surface area (Å²) in [5.41, 5.74) is 0.966. The van der Waals surface area contributed by atoms with Crippen molar-refractivity contribution in [1.82, 2.24) is 5.32 Å². The van der Waals surface area contributed by atoms with E-state index in [0.29, 0.717) is 12.6 Å². The fourth-order valence-corrected chi connectivity index (χ4v) is 2.48. The van der Waals surface area contributed by atoms with Gasteiger partial charge in [-0.2, -0.15) is 0 Å². The Kier molecular flexibility index (Phi) is 3.79. The van der Waals surface area contributed by atoms with Gasteiger partial charge in [-0.1, -0.05) is 44.2 Å². The van der Waals surface area contributed by atoms with E-state index in [1.165, 1.54) is 5.56 Å². The highest BCUT2D eigenvalue weighted by molar-refractivity contribution is 5.25. The zero-order valence-electron chi connectivity index (χ0n) is 11.7. The third kappa shape index (κ3) is 2.76. The highest BCUT2D eigenvalue weighted by Gasteiger charge is 2.36. The average Bonchev–Trinajstić information content (AvgIpc) is 2.34. The lowest BCUT2D eigenvalue weighted by Crippen LogP contribution is -2.52. The largest absolute Gasteiger partial charge is 0.389 e. The molecule has 1 atom stereocenters. The highest BCUT2D eigenvalue weighted by atomic mass is 16.3. The van der Waals surface area contributed by atoms with Crippen LogP contribution in [0.15, 0.2) is 30.3 Å². The lowest BCUT2D eigenvalue weighted by Gasteiger charge is -2.40. The Labute approximate surface area is 110 Å². The maximum atomic E-state index is 10.1. The summed E-state index contributed by atoms with van der Waals surface area (Å²) in [6, 6.07) is 10.9. The average molecular weight is 247 g/mol. The van der Waals surface area contributed by atoms with Gasteiger partial charge in [0.1, 0.15) is 0 Å². The van der Waals surface area contributed by atoms with Gasteiger partial charge in [-0.3, -0.25) is 0 Å². The first-order chi connectivity index (χ1) is 8.44. The molecule has 1 saturated carbocycles. The summed E-state index contributed by atoms with van der Waals surface area (Å²) in [6.45, 7) is 7.43. The summed E-state index contributed by atoms with van der Waals surface area (Å²) in [5, 5.41) is 13.6. The van der Waals surface area contributed by atoms with E-state index >= 15 is 0 Å². The molecule has 0 bridgehead atoms. The van der Waals surface area contributed by atoms with Crippen LogP contribution in [-0.2, 0) is 5.41 Å². The van der Waals surface area contributed by atoms with Crippen LogP contribution in [0.4, 0.5) is 0 Å². The zero-order valence-corrected chi connectivity index (χ0v) is 11.7. The van der Waals surface area contributed by atoms with Crippen LogP contribution in [-0.4, -0.2) is 23.3 Å². The number of aliphatic hydroxyl groups is 1. The Morgan fingerprint density at radius 1 is 1.28 bits per heavy atom. The van der Waals surface area contributed by atoms with E-state index < -0.39 is 5.60 Å². The number of hydrogen-bond donors (Lipinski definition) is 2. The number of nitrogens with one attached hydrogen (secondary N) is 1. The van der Waals surface area contributed by atoms with Gasteiger partial charge in [-0.25, -0.2) is 0 Å². The van der Waals surface area contributed by atoms with Gasteiger partial charge in [-0.15, -0.1) is 0 Å². The van der Waals surface area contributed by atoms with Crippen molar-refractivity contribution in [1.29, 1.82) is 0 Å². The van der Waals surface area contributed by atoms with Crippen LogP contribution in [0.5, 0.6) is 0 Å². The molecule has 1 aliphatic rings. The van der Waals surface area contributed by atoms with Crippen molar-refractivity contribution in [3.63, 3.8) is 0 Å². The van der Waals surface area contributed by atoms with Crippen molar-refractivity contribution in [3.05, 3.63) is 35.9 Å². The van der Waals surface area contributed by atoms with Gasteiger partial charge < -0.3 is 10.4 Å². The SMILES string of the molecule is CC(NCC1(O)CCC1)C(C)(C)c1ccccc1. The fraction of sp³-hybridized carbons (Fsp3) is 0.625. The van der Waals surface area contributed by atoms with Gasteiger partial charge in [0.15, 0.2) is 0 Å². The standard InChI is InChI=1S/C16H25NO/c1-13(17-12-16(18)10-7-11-16)15(2,3)14-8-5-4-6-9-14/h4-6,8-9,13,17-18H,7,10-12H2,1-3H3. The smallest absolute Gasteiger partial charge is 0.0771 e. The van der Waals surface area contributed by atoms with E-state index in [1.807, 2.05) is 0 Å². The molecule has 2 heteroatoms. The molecule has 0 heterocycles. The van der Waals surface area contributed by atoms with Gasteiger partial charge in [0, 0.05) is 18.0 Å². The minimum Gasteiger partial charge on any atom is -0.389 e. The van der Waals surface area contributed by atoms with Crippen LogP contribution >= 0.6 is 0 Å². The topological polar surface area (TPSA) is 32.3 Å². The molecule has 0 saturated heterocycles. The molecule has 1 aromatic rings. The van der Waals surface area contributed by atoms with Crippen molar-refractivity contribution in [2.45, 2.75) is 57.1 Å². The van der Waals surface area contributed by atoms with E-state index in [1.54, 1.807) is 0 Å². The second-order valence-corrected chi connectivity index (χ2v) is 6.27. The highest BCUT2D eigenvalue weighted by Crippen LogP contribution is 2.32. The molecule has 1 unspecified atom stereocenters. The van der Waals surface area contributed by atoms with E-state index in [-0.39, 0.29) is 5.41 Å². The molecule has 0 radical (unpaired) electrons. The van der Waals surface area contributed by atoms with E-state index in [2.05, 4.69) is 56.4 Å². The van der Waals surface area contributed by atoms with E-state index in [0.717, 1.165) is 19.3 Å². The van der Waals surface area contributed by atoms with Crippen LogP contribution in [0, 0.1) is 0 Å². The molecule has 1 aromatic carbocycles. The summed E-state index contributed by atoms with van der Waals surface area (Å²) < 4.78 is 0. The third-order valence-electron chi connectivity index (χ3n) is 4.62. The second kappa shape index (κ2) is 5.02. The predicted molar refractivity (Wildman–Crippen MR) is 75.7 cm³/mol. The van der Waals surface area contributed by atoms with Crippen molar-refractivity contribution < 1.29 is 5.11 Å². The zero-order chi connectivity index (χ0) is 13.2. The molecule has 0 amide bonds. The number of benzene rings is 1. The molecule has 2 rings (SSSR count). The van der Waals surface area contributed by atoms with Gasteiger partial charge in [0.2, 0.25) is 0 Å². The summed E-state index contributed by atoms with van der Waals surface area (Å²) in [4.78, 5) is 0. The fourth-order valence-electron chi connectivity index (χ4n) is 2.48. The van der Waals surface area contributed by atoms with Crippen molar-refractivity contribution in [2.24, 2.45) is 0 Å². The first-order valence-electron chi connectivity index (χ1n) is 6.95. The normalized spacial score (nSPS) is 20.2. The molecule has 2 N–H and O–H groups in total. The summed E-state index contributed by atoms with van der Waals surface area (Å²) in [6.07, 6.45) is 3.05. The van der Waals surface area contributed by atoms with Gasteiger partial charge in [-0.05, 0) is 31.7 Å². The monoisotopic (exact) mass is 247 g/mol. The Balaban J connectivity index is 1.97. The molecule has 18 heavy (non-hydrogen) atoms. The lowest BCUT2D eigenvalue weighted by molar-refractivity contribution is -0.0342. The van der Waals surface area contributed by atoms with E-state index in [4.69, 9.17) is 0 Å². The maximum Gasteiger partial charge on any atom is 0.0771 e. The second-order valence-electron chi connectivity index (χ2n) is 6.27.